The number of nitrogens with zero attached hydrogens (tertiary/aromatic N) is 1. The molecule has 0 spiro atoms. The molecule has 0 aliphatic carbocycles. The van der Waals surface area contributed by atoms with Gasteiger partial charge in [-0.2, -0.15) is 0 Å². The molecule has 0 bridgehead atoms. The summed E-state index contributed by atoms with van der Waals surface area (Å²) < 4.78 is 15.7. The molecule has 1 N–H and O–H groups in total. The maximum absolute atomic E-state index is 12.2. The Bertz CT molecular complexity index is 691. The lowest BCUT2D eigenvalue weighted by atomic mass is 9.90. The number of methoxy groups -OCH3 is 2. The first-order valence-corrected chi connectivity index (χ1v) is 9.65. The summed E-state index contributed by atoms with van der Waals surface area (Å²) in [7, 11) is 2.96. The van der Waals surface area contributed by atoms with Crippen molar-refractivity contribution in [3.63, 3.8) is 0 Å². The van der Waals surface area contributed by atoms with E-state index in [-0.39, 0.29) is 18.1 Å². The zero-order valence-electron chi connectivity index (χ0n) is 17.7. The van der Waals surface area contributed by atoms with Gasteiger partial charge in [0, 0.05) is 19.1 Å². The number of nitrogens with one attached hydrogen (secondary N) is 1. The standard InChI is InChI=1S/C21H32N2O5/c1-14(15-9-11-23(12-10-15)20(25)28-21(2,3)4)22-17-13-16(19(24)27-6)7-8-18(17)26-5/h7-8,13-15,22H,9-12H2,1-6H3. The Morgan fingerprint density at radius 1 is 1.18 bits per heavy atom. The number of benzene rings is 1. The van der Waals surface area contributed by atoms with Crippen LogP contribution in [0.2, 0.25) is 0 Å². The highest BCUT2D eigenvalue weighted by Crippen LogP contribution is 2.30. The Kier molecular flexibility index (Phi) is 7.16. The SMILES string of the molecule is COC(=O)c1ccc(OC)c(NC(C)C2CCN(C(=O)OC(C)(C)C)CC2)c1. The van der Waals surface area contributed by atoms with E-state index < -0.39 is 5.60 Å². The molecule has 0 saturated carbocycles. The fraction of sp³-hybridized carbons (Fsp3) is 0.619. The Morgan fingerprint density at radius 3 is 2.36 bits per heavy atom. The largest absolute Gasteiger partial charge is 0.495 e. The van der Waals surface area contributed by atoms with Crippen LogP contribution in [0.4, 0.5) is 10.5 Å². The van der Waals surface area contributed by atoms with Crippen molar-refractivity contribution in [3.8, 4) is 5.75 Å². The second-order valence-corrected chi connectivity index (χ2v) is 8.14. The lowest BCUT2D eigenvalue weighted by Crippen LogP contribution is -2.44. The molecule has 1 fully saturated rings. The number of rotatable bonds is 5. The van der Waals surface area contributed by atoms with E-state index in [1.807, 2.05) is 20.8 Å². The molecule has 1 aliphatic rings. The van der Waals surface area contributed by atoms with E-state index in [2.05, 4.69) is 12.2 Å². The number of carbonyl (C=O) groups excluding carboxylic acids is 2. The van der Waals surface area contributed by atoms with Gasteiger partial charge in [0.2, 0.25) is 0 Å². The number of anilines is 1. The third kappa shape index (κ3) is 5.78. The molecule has 1 aromatic rings. The molecule has 28 heavy (non-hydrogen) atoms. The predicted octanol–water partition coefficient (Wildman–Crippen LogP) is 3.93. The maximum Gasteiger partial charge on any atom is 0.410 e. The van der Waals surface area contributed by atoms with E-state index in [0.717, 1.165) is 18.5 Å². The Hall–Kier alpha value is -2.44. The van der Waals surface area contributed by atoms with Crippen LogP contribution in [0.1, 0.15) is 50.9 Å². The average Bonchev–Trinajstić information content (AvgIpc) is 2.66. The summed E-state index contributed by atoms with van der Waals surface area (Å²) in [5.74, 6) is 0.680. The van der Waals surface area contributed by atoms with Crippen LogP contribution in [-0.2, 0) is 9.47 Å². The van der Waals surface area contributed by atoms with Gasteiger partial charge in [-0.15, -0.1) is 0 Å². The fourth-order valence-corrected chi connectivity index (χ4v) is 3.34. The van der Waals surface area contributed by atoms with Crippen molar-refractivity contribution in [2.24, 2.45) is 5.92 Å². The number of ether oxygens (including phenoxy) is 3. The Labute approximate surface area is 167 Å². The predicted molar refractivity (Wildman–Crippen MR) is 108 cm³/mol. The molecular formula is C21H32N2O5. The van der Waals surface area contributed by atoms with E-state index in [0.29, 0.717) is 30.3 Å². The van der Waals surface area contributed by atoms with Crippen molar-refractivity contribution in [3.05, 3.63) is 23.8 Å². The quantitative estimate of drug-likeness (QED) is 0.765. The molecular weight excluding hydrogens is 360 g/mol. The van der Waals surface area contributed by atoms with Gasteiger partial charge >= 0.3 is 12.1 Å². The molecule has 1 aromatic carbocycles. The Balaban J connectivity index is 1.98. The van der Waals surface area contributed by atoms with Crippen LogP contribution in [0.5, 0.6) is 5.75 Å². The van der Waals surface area contributed by atoms with Gasteiger partial charge in [-0.3, -0.25) is 0 Å². The van der Waals surface area contributed by atoms with Crippen molar-refractivity contribution in [2.45, 2.75) is 52.2 Å². The molecule has 156 valence electrons. The van der Waals surface area contributed by atoms with E-state index in [1.165, 1.54) is 7.11 Å². The highest BCUT2D eigenvalue weighted by Gasteiger charge is 2.29. The number of hydrogen-bond acceptors (Lipinski definition) is 6. The average molecular weight is 392 g/mol. The summed E-state index contributed by atoms with van der Waals surface area (Å²) in [6, 6.07) is 5.34. The lowest BCUT2D eigenvalue weighted by molar-refractivity contribution is 0.0179. The van der Waals surface area contributed by atoms with Gasteiger partial charge in [0.05, 0.1) is 25.5 Å². The van der Waals surface area contributed by atoms with Crippen molar-refractivity contribution in [1.82, 2.24) is 4.90 Å². The number of piperidine rings is 1. The van der Waals surface area contributed by atoms with Gasteiger partial charge in [0.1, 0.15) is 11.4 Å². The van der Waals surface area contributed by atoms with Crippen LogP contribution in [-0.4, -0.2) is 55.9 Å². The minimum atomic E-state index is -0.482. The number of amides is 1. The topological polar surface area (TPSA) is 77.1 Å². The van der Waals surface area contributed by atoms with E-state index in [9.17, 15) is 9.59 Å². The van der Waals surface area contributed by atoms with Gasteiger partial charge in [-0.1, -0.05) is 0 Å². The number of carbonyl (C=O) groups is 2. The third-order valence-electron chi connectivity index (χ3n) is 4.90. The molecule has 1 amide bonds. The normalized spacial score (nSPS) is 16.3. The molecule has 7 heteroatoms. The van der Waals surface area contributed by atoms with Crippen LogP contribution in [0.15, 0.2) is 18.2 Å². The summed E-state index contributed by atoms with van der Waals surface area (Å²) in [5, 5.41) is 3.47. The number of hydrogen-bond donors (Lipinski definition) is 1. The van der Waals surface area contributed by atoms with Crippen molar-refractivity contribution < 1.29 is 23.8 Å². The maximum atomic E-state index is 12.2. The molecule has 2 rings (SSSR count). The van der Waals surface area contributed by atoms with Gasteiger partial charge in [0.25, 0.3) is 0 Å². The monoisotopic (exact) mass is 392 g/mol. The molecule has 1 saturated heterocycles. The summed E-state index contributed by atoms with van der Waals surface area (Å²) in [4.78, 5) is 25.8. The van der Waals surface area contributed by atoms with Crippen LogP contribution in [0.3, 0.4) is 0 Å². The van der Waals surface area contributed by atoms with Crippen LogP contribution < -0.4 is 10.1 Å². The van der Waals surface area contributed by atoms with Crippen molar-refractivity contribution >= 4 is 17.7 Å². The highest BCUT2D eigenvalue weighted by atomic mass is 16.6. The highest BCUT2D eigenvalue weighted by molar-refractivity contribution is 5.91. The van der Waals surface area contributed by atoms with Crippen molar-refractivity contribution in [2.75, 3.05) is 32.6 Å². The summed E-state index contributed by atoms with van der Waals surface area (Å²) in [6.45, 7) is 9.08. The first kappa shape index (κ1) is 21.9. The first-order chi connectivity index (χ1) is 13.1. The minimum Gasteiger partial charge on any atom is -0.495 e. The van der Waals surface area contributed by atoms with E-state index >= 15 is 0 Å². The summed E-state index contributed by atoms with van der Waals surface area (Å²) in [5.41, 5.74) is 0.745. The number of likely N-dealkylation sites (tertiary alicyclic amines) is 1. The van der Waals surface area contributed by atoms with E-state index in [4.69, 9.17) is 14.2 Å². The minimum absolute atomic E-state index is 0.155. The van der Waals surface area contributed by atoms with Gasteiger partial charge in [-0.25, -0.2) is 9.59 Å². The fourth-order valence-electron chi connectivity index (χ4n) is 3.34. The summed E-state index contributed by atoms with van der Waals surface area (Å²) in [6.07, 6.45) is 1.51. The molecule has 1 atom stereocenters. The van der Waals surface area contributed by atoms with Crippen LogP contribution in [0.25, 0.3) is 0 Å². The third-order valence-corrected chi connectivity index (χ3v) is 4.90. The Morgan fingerprint density at radius 2 is 1.82 bits per heavy atom. The van der Waals surface area contributed by atoms with Crippen LogP contribution in [0, 0.1) is 5.92 Å². The zero-order valence-corrected chi connectivity index (χ0v) is 17.7. The van der Waals surface area contributed by atoms with Gasteiger partial charge in [-0.05, 0) is 64.7 Å². The van der Waals surface area contributed by atoms with Crippen LogP contribution >= 0.6 is 0 Å². The zero-order chi connectivity index (χ0) is 20.9. The smallest absolute Gasteiger partial charge is 0.410 e. The molecule has 0 aromatic heterocycles. The van der Waals surface area contributed by atoms with Crippen molar-refractivity contribution in [1.29, 1.82) is 0 Å². The molecule has 1 heterocycles. The molecule has 0 radical (unpaired) electrons. The van der Waals surface area contributed by atoms with Gasteiger partial charge < -0.3 is 24.4 Å². The molecule has 1 aliphatic heterocycles. The number of esters is 1. The molecule has 1 unspecified atom stereocenters. The lowest BCUT2D eigenvalue weighted by Gasteiger charge is -2.36. The summed E-state index contributed by atoms with van der Waals surface area (Å²) >= 11 is 0. The second kappa shape index (κ2) is 9.17. The second-order valence-electron chi connectivity index (χ2n) is 8.14. The van der Waals surface area contributed by atoms with E-state index in [1.54, 1.807) is 30.2 Å². The molecule has 7 nitrogen and oxygen atoms in total. The first-order valence-electron chi connectivity index (χ1n) is 9.65. The van der Waals surface area contributed by atoms with Gasteiger partial charge in [0.15, 0.2) is 0 Å².